The summed E-state index contributed by atoms with van der Waals surface area (Å²) in [7, 11) is 0. The molecule has 1 aliphatic rings. The fraction of sp³-hybridized carbons (Fsp3) is 0.324. The number of benzene rings is 3. The van der Waals surface area contributed by atoms with Crippen LogP contribution in [-0.4, -0.2) is 61.0 Å². The van der Waals surface area contributed by atoms with Crippen LogP contribution in [-0.2, 0) is 30.3 Å². The SMILES string of the molecule is CC(C)[C@H](NC(=O)OCC1c2ccccc2-c2ccccc21)C(=O)NCC(=O)N[C@@H](Cc1ccccc1)C(=O)N[C@@H](C)C(N)=O. The van der Waals surface area contributed by atoms with Crippen molar-refractivity contribution in [2.75, 3.05) is 13.2 Å². The number of primary amides is 1. The number of hydrogen-bond acceptors (Lipinski definition) is 6. The second-order valence-corrected chi connectivity index (χ2v) is 11.4. The summed E-state index contributed by atoms with van der Waals surface area (Å²) in [5.74, 6) is -2.98. The van der Waals surface area contributed by atoms with E-state index in [1.807, 2.05) is 54.6 Å². The zero-order chi connectivity index (χ0) is 32.5. The van der Waals surface area contributed by atoms with Crippen LogP contribution in [0.2, 0.25) is 0 Å². The summed E-state index contributed by atoms with van der Waals surface area (Å²) in [6, 6.07) is 22.0. The van der Waals surface area contributed by atoms with E-state index in [4.69, 9.17) is 10.5 Å². The van der Waals surface area contributed by atoms with Crippen LogP contribution < -0.4 is 27.0 Å². The molecular formula is C34H39N5O6. The van der Waals surface area contributed by atoms with E-state index < -0.39 is 54.4 Å². The Morgan fingerprint density at radius 1 is 0.756 bits per heavy atom. The number of amides is 5. The van der Waals surface area contributed by atoms with Crippen molar-refractivity contribution in [2.24, 2.45) is 11.7 Å². The first-order valence-electron chi connectivity index (χ1n) is 14.9. The summed E-state index contributed by atoms with van der Waals surface area (Å²) in [5.41, 5.74) is 10.4. The lowest BCUT2D eigenvalue weighted by Crippen LogP contribution is -2.55. The molecule has 6 N–H and O–H groups in total. The Bertz CT molecular complexity index is 1500. The van der Waals surface area contributed by atoms with Crippen molar-refractivity contribution in [1.29, 1.82) is 0 Å². The Hall–Kier alpha value is -5.19. The Balaban J connectivity index is 1.32. The van der Waals surface area contributed by atoms with Crippen LogP contribution in [0.15, 0.2) is 78.9 Å². The fourth-order valence-corrected chi connectivity index (χ4v) is 5.27. The van der Waals surface area contributed by atoms with Gasteiger partial charge in [0.25, 0.3) is 0 Å². The predicted octanol–water partition coefficient (Wildman–Crippen LogP) is 2.38. The van der Waals surface area contributed by atoms with Gasteiger partial charge in [-0.25, -0.2) is 4.79 Å². The minimum Gasteiger partial charge on any atom is -0.449 e. The van der Waals surface area contributed by atoms with Crippen LogP contribution in [0.3, 0.4) is 0 Å². The Labute approximate surface area is 262 Å². The van der Waals surface area contributed by atoms with Crippen LogP contribution >= 0.6 is 0 Å². The zero-order valence-corrected chi connectivity index (χ0v) is 25.5. The lowest BCUT2D eigenvalue weighted by atomic mass is 9.98. The highest BCUT2D eigenvalue weighted by Gasteiger charge is 2.31. The van der Waals surface area contributed by atoms with Crippen molar-refractivity contribution >= 4 is 29.7 Å². The highest BCUT2D eigenvalue weighted by molar-refractivity contribution is 5.93. The summed E-state index contributed by atoms with van der Waals surface area (Å²) in [4.78, 5) is 63.0. The first-order chi connectivity index (χ1) is 21.5. The molecule has 0 spiro atoms. The van der Waals surface area contributed by atoms with E-state index >= 15 is 0 Å². The molecule has 45 heavy (non-hydrogen) atoms. The number of hydrogen-bond donors (Lipinski definition) is 5. The average molecular weight is 614 g/mol. The molecule has 5 amide bonds. The van der Waals surface area contributed by atoms with Crippen molar-refractivity contribution in [3.05, 3.63) is 95.6 Å². The maximum Gasteiger partial charge on any atom is 0.407 e. The number of nitrogens with two attached hydrogens (primary N) is 1. The second kappa shape index (κ2) is 15.0. The molecule has 0 fully saturated rings. The van der Waals surface area contributed by atoms with Crippen molar-refractivity contribution in [3.8, 4) is 11.1 Å². The first kappa shape index (κ1) is 32.7. The van der Waals surface area contributed by atoms with Gasteiger partial charge in [-0.1, -0.05) is 92.7 Å². The van der Waals surface area contributed by atoms with Gasteiger partial charge in [-0.3, -0.25) is 19.2 Å². The summed E-state index contributed by atoms with van der Waals surface area (Å²) < 4.78 is 5.59. The van der Waals surface area contributed by atoms with E-state index in [1.165, 1.54) is 6.92 Å². The molecule has 11 nitrogen and oxygen atoms in total. The Kier molecular flexibility index (Phi) is 10.9. The predicted molar refractivity (Wildman–Crippen MR) is 169 cm³/mol. The molecule has 0 heterocycles. The van der Waals surface area contributed by atoms with E-state index in [-0.39, 0.29) is 24.9 Å². The van der Waals surface area contributed by atoms with E-state index in [2.05, 4.69) is 21.3 Å². The molecule has 0 aromatic heterocycles. The summed E-state index contributed by atoms with van der Waals surface area (Å²) in [6.45, 7) is 4.60. The molecule has 0 bridgehead atoms. The largest absolute Gasteiger partial charge is 0.449 e. The average Bonchev–Trinajstić information content (AvgIpc) is 3.35. The smallest absolute Gasteiger partial charge is 0.407 e. The monoisotopic (exact) mass is 613 g/mol. The summed E-state index contributed by atoms with van der Waals surface area (Å²) in [5, 5.41) is 10.3. The van der Waals surface area contributed by atoms with Gasteiger partial charge in [0.15, 0.2) is 0 Å². The fourth-order valence-electron chi connectivity index (χ4n) is 5.27. The maximum atomic E-state index is 13.1. The van der Waals surface area contributed by atoms with Gasteiger partial charge < -0.3 is 31.7 Å². The molecule has 1 aliphatic carbocycles. The number of ether oxygens (including phenoxy) is 1. The van der Waals surface area contributed by atoms with E-state index in [1.54, 1.807) is 38.1 Å². The van der Waals surface area contributed by atoms with Crippen molar-refractivity contribution in [2.45, 2.75) is 51.2 Å². The van der Waals surface area contributed by atoms with Crippen LogP contribution in [0.25, 0.3) is 11.1 Å². The lowest BCUT2D eigenvalue weighted by Gasteiger charge is -2.23. The number of nitrogens with one attached hydrogen (secondary N) is 4. The van der Waals surface area contributed by atoms with E-state index in [0.29, 0.717) is 0 Å². The summed E-state index contributed by atoms with van der Waals surface area (Å²) in [6.07, 6.45) is -0.603. The number of carbonyl (C=O) groups is 5. The molecule has 0 saturated heterocycles. The molecule has 3 aromatic rings. The van der Waals surface area contributed by atoms with Gasteiger partial charge in [-0.15, -0.1) is 0 Å². The van der Waals surface area contributed by atoms with Gasteiger partial charge in [-0.05, 0) is 40.7 Å². The molecule has 4 rings (SSSR count). The van der Waals surface area contributed by atoms with Gasteiger partial charge >= 0.3 is 6.09 Å². The van der Waals surface area contributed by atoms with Gasteiger partial charge in [0.1, 0.15) is 24.7 Å². The summed E-state index contributed by atoms with van der Waals surface area (Å²) >= 11 is 0. The van der Waals surface area contributed by atoms with Gasteiger partial charge in [-0.2, -0.15) is 0 Å². The molecule has 236 valence electrons. The van der Waals surface area contributed by atoms with Crippen molar-refractivity contribution in [3.63, 3.8) is 0 Å². The van der Waals surface area contributed by atoms with Crippen LogP contribution in [0.4, 0.5) is 4.79 Å². The van der Waals surface area contributed by atoms with E-state index in [0.717, 1.165) is 27.8 Å². The molecular weight excluding hydrogens is 574 g/mol. The number of fused-ring (bicyclic) bond motifs is 3. The third-order valence-electron chi connectivity index (χ3n) is 7.71. The third-order valence-corrected chi connectivity index (χ3v) is 7.71. The van der Waals surface area contributed by atoms with Crippen LogP contribution in [0.5, 0.6) is 0 Å². The Morgan fingerprint density at radius 3 is 1.91 bits per heavy atom. The maximum absolute atomic E-state index is 13.1. The number of carbonyl (C=O) groups excluding carboxylic acids is 5. The quantitative estimate of drug-likeness (QED) is 0.198. The number of alkyl carbamates (subject to hydrolysis) is 1. The van der Waals surface area contributed by atoms with Gasteiger partial charge in [0, 0.05) is 12.3 Å². The van der Waals surface area contributed by atoms with Crippen molar-refractivity contribution < 1.29 is 28.7 Å². The topological polar surface area (TPSA) is 169 Å². The zero-order valence-electron chi connectivity index (χ0n) is 25.5. The Morgan fingerprint density at radius 2 is 1.33 bits per heavy atom. The molecule has 0 saturated carbocycles. The van der Waals surface area contributed by atoms with Crippen LogP contribution in [0, 0.1) is 5.92 Å². The molecule has 0 aliphatic heterocycles. The van der Waals surface area contributed by atoms with E-state index in [9.17, 15) is 24.0 Å². The highest BCUT2D eigenvalue weighted by atomic mass is 16.5. The molecule has 3 atom stereocenters. The minimum atomic E-state index is -1.03. The first-order valence-corrected chi connectivity index (χ1v) is 14.9. The molecule has 11 heteroatoms. The minimum absolute atomic E-state index is 0.0912. The normalized spacial score (nSPS) is 13.9. The third kappa shape index (κ3) is 8.47. The standard InChI is InChI=1S/C34H39N5O6/c1-20(2)30(39-34(44)45-19-27-25-15-9-7-13-23(25)24-14-8-10-16-26(24)27)33(43)36-18-29(40)38-28(17-22-11-5-4-6-12-22)32(42)37-21(3)31(35)41/h4-16,20-21,27-28,30H,17-19H2,1-3H3,(H2,35,41)(H,36,43)(H,37,42)(H,38,40)(H,39,44)/t21-,28-,30-/m0/s1. The van der Waals surface area contributed by atoms with Gasteiger partial charge in [0.05, 0.1) is 6.54 Å². The molecule has 0 unspecified atom stereocenters. The van der Waals surface area contributed by atoms with Gasteiger partial charge in [0.2, 0.25) is 23.6 Å². The van der Waals surface area contributed by atoms with Crippen LogP contribution in [0.1, 0.15) is 43.4 Å². The molecule has 0 radical (unpaired) electrons. The second-order valence-electron chi connectivity index (χ2n) is 11.4. The van der Waals surface area contributed by atoms with Crippen molar-refractivity contribution in [1.82, 2.24) is 21.3 Å². The lowest BCUT2D eigenvalue weighted by molar-refractivity contribution is -0.131. The highest BCUT2D eigenvalue weighted by Crippen LogP contribution is 2.44. The number of rotatable bonds is 13. The molecule has 3 aromatic carbocycles.